The van der Waals surface area contributed by atoms with Gasteiger partial charge in [-0.3, -0.25) is 4.98 Å². The third-order valence-electron chi connectivity index (χ3n) is 3.59. The lowest BCUT2D eigenvalue weighted by molar-refractivity contribution is 0.456. The number of hydrogen-bond acceptors (Lipinski definition) is 2. The van der Waals surface area contributed by atoms with Crippen LogP contribution in [0.2, 0.25) is 0 Å². The SMILES string of the molecule is CCNC1CCC(C)(c2cccnc2)C1. The monoisotopic (exact) mass is 204 g/mol. The van der Waals surface area contributed by atoms with E-state index in [2.05, 4.69) is 30.2 Å². The van der Waals surface area contributed by atoms with E-state index in [-0.39, 0.29) is 0 Å². The molecule has 2 heteroatoms. The van der Waals surface area contributed by atoms with Gasteiger partial charge in [-0.15, -0.1) is 0 Å². The second kappa shape index (κ2) is 4.31. The zero-order chi connectivity index (χ0) is 10.7. The van der Waals surface area contributed by atoms with Crippen molar-refractivity contribution in [3.8, 4) is 0 Å². The predicted molar refractivity (Wildman–Crippen MR) is 62.9 cm³/mol. The van der Waals surface area contributed by atoms with Crippen molar-refractivity contribution in [1.29, 1.82) is 0 Å². The van der Waals surface area contributed by atoms with Crippen LogP contribution in [-0.2, 0) is 5.41 Å². The average Bonchev–Trinajstić information content (AvgIpc) is 2.64. The highest BCUT2D eigenvalue weighted by atomic mass is 14.9. The van der Waals surface area contributed by atoms with E-state index in [4.69, 9.17) is 0 Å². The summed E-state index contributed by atoms with van der Waals surface area (Å²) in [4.78, 5) is 4.23. The van der Waals surface area contributed by atoms with E-state index < -0.39 is 0 Å². The van der Waals surface area contributed by atoms with E-state index >= 15 is 0 Å². The summed E-state index contributed by atoms with van der Waals surface area (Å²) in [7, 11) is 0. The molecule has 15 heavy (non-hydrogen) atoms. The van der Waals surface area contributed by atoms with Crippen molar-refractivity contribution in [3.63, 3.8) is 0 Å². The second-order valence-electron chi connectivity index (χ2n) is 4.80. The molecule has 2 unspecified atom stereocenters. The molecular formula is C13H20N2. The van der Waals surface area contributed by atoms with Crippen molar-refractivity contribution in [2.24, 2.45) is 0 Å². The highest BCUT2D eigenvalue weighted by Gasteiger charge is 2.36. The molecule has 0 spiro atoms. The first-order chi connectivity index (χ1) is 7.24. The van der Waals surface area contributed by atoms with Crippen LogP contribution in [0.4, 0.5) is 0 Å². The summed E-state index contributed by atoms with van der Waals surface area (Å²) in [5.41, 5.74) is 1.73. The fourth-order valence-corrected chi connectivity index (χ4v) is 2.69. The number of nitrogens with one attached hydrogen (secondary N) is 1. The first kappa shape index (κ1) is 10.6. The standard InChI is InChI=1S/C13H20N2/c1-3-15-12-6-7-13(2,9-12)11-5-4-8-14-10-11/h4-5,8,10,12,15H,3,6-7,9H2,1-2H3. The maximum Gasteiger partial charge on any atom is 0.0305 e. The number of hydrogen-bond donors (Lipinski definition) is 1. The topological polar surface area (TPSA) is 24.9 Å². The molecule has 1 heterocycles. The summed E-state index contributed by atoms with van der Waals surface area (Å²) < 4.78 is 0. The average molecular weight is 204 g/mol. The van der Waals surface area contributed by atoms with E-state index in [1.165, 1.54) is 24.8 Å². The maximum atomic E-state index is 4.23. The Morgan fingerprint density at radius 1 is 1.60 bits per heavy atom. The highest BCUT2D eigenvalue weighted by Crippen LogP contribution is 2.40. The quantitative estimate of drug-likeness (QED) is 0.818. The van der Waals surface area contributed by atoms with E-state index in [9.17, 15) is 0 Å². The molecule has 2 nitrogen and oxygen atoms in total. The van der Waals surface area contributed by atoms with Crippen molar-refractivity contribution < 1.29 is 0 Å². The fraction of sp³-hybridized carbons (Fsp3) is 0.615. The molecule has 1 aliphatic rings. The summed E-state index contributed by atoms with van der Waals surface area (Å²) in [5, 5.41) is 3.55. The van der Waals surface area contributed by atoms with Gasteiger partial charge in [0.15, 0.2) is 0 Å². The maximum absolute atomic E-state index is 4.23. The Hall–Kier alpha value is -0.890. The van der Waals surface area contributed by atoms with Crippen LogP contribution in [-0.4, -0.2) is 17.6 Å². The molecule has 0 aliphatic heterocycles. The van der Waals surface area contributed by atoms with Gasteiger partial charge >= 0.3 is 0 Å². The van der Waals surface area contributed by atoms with Gasteiger partial charge in [0.2, 0.25) is 0 Å². The Balaban J connectivity index is 2.10. The zero-order valence-corrected chi connectivity index (χ0v) is 9.66. The molecule has 2 atom stereocenters. The molecule has 1 N–H and O–H groups in total. The Morgan fingerprint density at radius 2 is 2.47 bits per heavy atom. The lowest BCUT2D eigenvalue weighted by Gasteiger charge is -2.24. The van der Waals surface area contributed by atoms with Crippen LogP contribution in [0.15, 0.2) is 24.5 Å². The molecule has 1 aromatic heterocycles. The largest absolute Gasteiger partial charge is 0.314 e. The normalized spacial score (nSPS) is 30.7. The van der Waals surface area contributed by atoms with Crippen molar-refractivity contribution in [2.75, 3.05) is 6.54 Å². The third-order valence-corrected chi connectivity index (χ3v) is 3.59. The summed E-state index contributed by atoms with van der Waals surface area (Å²) in [6.45, 7) is 5.62. The lowest BCUT2D eigenvalue weighted by atomic mass is 9.82. The Morgan fingerprint density at radius 3 is 3.13 bits per heavy atom. The summed E-state index contributed by atoms with van der Waals surface area (Å²) in [5.74, 6) is 0. The van der Waals surface area contributed by atoms with Gasteiger partial charge in [0.05, 0.1) is 0 Å². The van der Waals surface area contributed by atoms with Gasteiger partial charge in [0.1, 0.15) is 0 Å². The molecule has 1 aromatic rings. The predicted octanol–water partition coefficient (Wildman–Crippen LogP) is 2.50. The van der Waals surface area contributed by atoms with E-state index in [0.717, 1.165) is 6.54 Å². The Labute approximate surface area is 92.1 Å². The third kappa shape index (κ3) is 2.20. The smallest absolute Gasteiger partial charge is 0.0305 e. The minimum absolute atomic E-state index is 0.334. The van der Waals surface area contributed by atoms with Crippen molar-refractivity contribution >= 4 is 0 Å². The highest BCUT2D eigenvalue weighted by molar-refractivity contribution is 5.23. The van der Waals surface area contributed by atoms with Gasteiger partial charge < -0.3 is 5.32 Å². The molecule has 1 saturated carbocycles. The second-order valence-corrected chi connectivity index (χ2v) is 4.80. The Kier molecular flexibility index (Phi) is 3.06. The number of rotatable bonds is 3. The minimum atomic E-state index is 0.334. The van der Waals surface area contributed by atoms with Gasteiger partial charge in [0, 0.05) is 18.4 Å². The lowest BCUT2D eigenvalue weighted by Crippen LogP contribution is -2.28. The van der Waals surface area contributed by atoms with Crippen LogP contribution in [0.1, 0.15) is 38.7 Å². The van der Waals surface area contributed by atoms with Crippen molar-refractivity contribution in [1.82, 2.24) is 10.3 Å². The van der Waals surface area contributed by atoms with Crippen molar-refractivity contribution in [3.05, 3.63) is 30.1 Å². The summed E-state index contributed by atoms with van der Waals surface area (Å²) >= 11 is 0. The van der Waals surface area contributed by atoms with Crippen LogP contribution in [0.25, 0.3) is 0 Å². The fourth-order valence-electron chi connectivity index (χ4n) is 2.69. The molecule has 1 fully saturated rings. The van der Waals surface area contributed by atoms with Crippen molar-refractivity contribution in [2.45, 2.75) is 44.6 Å². The molecule has 0 saturated heterocycles. The van der Waals surface area contributed by atoms with Crippen LogP contribution >= 0.6 is 0 Å². The van der Waals surface area contributed by atoms with Gasteiger partial charge in [-0.1, -0.05) is 19.9 Å². The van der Waals surface area contributed by atoms with Crippen LogP contribution < -0.4 is 5.32 Å². The van der Waals surface area contributed by atoms with Gasteiger partial charge in [-0.25, -0.2) is 0 Å². The zero-order valence-electron chi connectivity index (χ0n) is 9.66. The Bertz CT molecular complexity index is 310. The summed E-state index contributed by atoms with van der Waals surface area (Å²) in [6, 6.07) is 4.95. The van der Waals surface area contributed by atoms with E-state index in [0.29, 0.717) is 11.5 Å². The molecule has 82 valence electrons. The van der Waals surface area contributed by atoms with E-state index in [1.54, 1.807) is 0 Å². The molecule has 0 amide bonds. The molecule has 0 radical (unpaired) electrons. The molecule has 0 bridgehead atoms. The van der Waals surface area contributed by atoms with Gasteiger partial charge in [-0.05, 0) is 42.9 Å². The molecular weight excluding hydrogens is 184 g/mol. The molecule has 2 rings (SSSR count). The molecule has 1 aliphatic carbocycles. The first-order valence-electron chi connectivity index (χ1n) is 5.88. The first-order valence-corrected chi connectivity index (χ1v) is 5.88. The van der Waals surface area contributed by atoms with Gasteiger partial charge in [0.25, 0.3) is 0 Å². The number of nitrogens with zero attached hydrogens (tertiary/aromatic N) is 1. The van der Waals surface area contributed by atoms with Crippen LogP contribution in [0.3, 0.4) is 0 Å². The molecule has 0 aromatic carbocycles. The van der Waals surface area contributed by atoms with Crippen LogP contribution in [0, 0.1) is 0 Å². The van der Waals surface area contributed by atoms with Gasteiger partial charge in [-0.2, -0.15) is 0 Å². The number of aromatic nitrogens is 1. The minimum Gasteiger partial charge on any atom is -0.314 e. The number of pyridine rings is 1. The summed E-state index contributed by atoms with van der Waals surface area (Å²) in [6.07, 6.45) is 7.68. The van der Waals surface area contributed by atoms with Crippen LogP contribution in [0.5, 0.6) is 0 Å². The van der Waals surface area contributed by atoms with E-state index in [1.807, 2.05) is 18.5 Å².